The van der Waals surface area contributed by atoms with E-state index in [1.165, 1.54) is 0 Å². The van der Waals surface area contributed by atoms with E-state index in [1.807, 2.05) is 0 Å². The number of ether oxygens (including phenoxy) is 1. The van der Waals surface area contributed by atoms with Gasteiger partial charge in [-0.15, -0.1) is 13.2 Å². The number of hydrogen-bond donors (Lipinski definition) is 1. The Labute approximate surface area is 93.8 Å². The van der Waals surface area contributed by atoms with Gasteiger partial charge in [-0.2, -0.15) is 10.5 Å². The second-order valence-electron chi connectivity index (χ2n) is 2.86. The molecule has 0 saturated heterocycles. The van der Waals surface area contributed by atoms with Crippen molar-refractivity contribution in [3.8, 4) is 17.9 Å². The molecule has 1 aromatic heterocycles. The first-order chi connectivity index (χ1) is 7.89. The van der Waals surface area contributed by atoms with E-state index in [0.717, 1.165) is 6.20 Å². The summed E-state index contributed by atoms with van der Waals surface area (Å²) in [5.74, 6) is -0.793. The third-order valence-corrected chi connectivity index (χ3v) is 1.73. The van der Waals surface area contributed by atoms with E-state index in [0.29, 0.717) is 0 Å². The van der Waals surface area contributed by atoms with E-state index in [-0.39, 0.29) is 11.3 Å². The van der Waals surface area contributed by atoms with Crippen molar-refractivity contribution in [1.82, 2.24) is 4.98 Å². The summed E-state index contributed by atoms with van der Waals surface area (Å²) in [6.45, 7) is 0. The van der Waals surface area contributed by atoms with Crippen LogP contribution in [-0.2, 0) is 6.42 Å². The number of anilines is 1. The number of nitrogens with zero attached hydrogens (tertiary/aromatic N) is 3. The van der Waals surface area contributed by atoms with Crippen LogP contribution in [0.15, 0.2) is 6.20 Å². The number of nitriles is 2. The van der Waals surface area contributed by atoms with Gasteiger partial charge in [-0.1, -0.05) is 0 Å². The van der Waals surface area contributed by atoms with E-state index < -0.39 is 24.2 Å². The molecule has 1 heterocycles. The fraction of sp³-hybridized carbons (Fsp3) is 0.222. The van der Waals surface area contributed by atoms with Gasteiger partial charge in [0.15, 0.2) is 5.75 Å². The molecule has 0 aliphatic carbocycles. The molecule has 8 heteroatoms. The van der Waals surface area contributed by atoms with Gasteiger partial charge in [-0.05, 0) is 0 Å². The van der Waals surface area contributed by atoms with Crippen molar-refractivity contribution in [2.24, 2.45) is 0 Å². The predicted octanol–water partition coefficient (Wildman–Crippen LogP) is 1.50. The monoisotopic (exact) mass is 242 g/mol. The van der Waals surface area contributed by atoms with Gasteiger partial charge in [0.1, 0.15) is 6.07 Å². The molecule has 1 rings (SSSR count). The molecule has 0 aliphatic heterocycles. The Morgan fingerprint density at radius 2 is 2.06 bits per heavy atom. The van der Waals surface area contributed by atoms with Gasteiger partial charge in [0.05, 0.1) is 29.4 Å². The zero-order valence-electron chi connectivity index (χ0n) is 8.25. The van der Waals surface area contributed by atoms with Crippen molar-refractivity contribution in [2.75, 3.05) is 5.73 Å². The smallest absolute Gasteiger partial charge is 0.402 e. The van der Waals surface area contributed by atoms with Crippen LogP contribution in [0, 0.1) is 22.7 Å². The minimum absolute atomic E-state index is 0.245. The lowest BCUT2D eigenvalue weighted by Crippen LogP contribution is -2.20. The Morgan fingerprint density at radius 3 is 2.53 bits per heavy atom. The predicted molar refractivity (Wildman–Crippen MR) is 49.4 cm³/mol. The molecule has 88 valence electrons. The minimum Gasteiger partial charge on any atom is -0.402 e. The standard InChI is InChI=1S/C9H5F3N4O/c10-9(11,12)17-8-6(1-2-13)16-4-5(3-14)7(8)15/h4H,1H2,(H2,15,16). The highest BCUT2D eigenvalue weighted by molar-refractivity contribution is 5.64. The number of pyridine rings is 1. The number of hydrogen-bond acceptors (Lipinski definition) is 5. The normalized spacial score (nSPS) is 10.4. The maximum Gasteiger partial charge on any atom is 0.573 e. The number of nitrogen functional groups attached to an aromatic ring is 1. The highest BCUT2D eigenvalue weighted by atomic mass is 19.4. The highest BCUT2D eigenvalue weighted by Gasteiger charge is 2.34. The maximum atomic E-state index is 12.1. The highest BCUT2D eigenvalue weighted by Crippen LogP contribution is 2.33. The summed E-state index contributed by atoms with van der Waals surface area (Å²) < 4.78 is 40.0. The summed E-state index contributed by atoms with van der Waals surface area (Å²) in [6, 6.07) is 3.20. The molecule has 0 amide bonds. The van der Waals surface area contributed by atoms with Crippen molar-refractivity contribution < 1.29 is 17.9 Å². The van der Waals surface area contributed by atoms with Crippen LogP contribution in [0.1, 0.15) is 11.3 Å². The number of nitrogens with two attached hydrogens (primary N) is 1. The molecule has 0 radical (unpaired) electrons. The lowest BCUT2D eigenvalue weighted by atomic mass is 10.2. The van der Waals surface area contributed by atoms with Crippen molar-refractivity contribution in [3.63, 3.8) is 0 Å². The van der Waals surface area contributed by atoms with Gasteiger partial charge < -0.3 is 10.5 Å². The van der Waals surface area contributed by atoms with Crippen LogP contribution in [0.25, 0.3) is 0 Å². The van der Waals surface area contributed by atoms with Gasteiger partial charge in [0, 0.05) is 6.20 Å². The molecule has 0 bridgehead atoms. The van der Waals surface area contributed by atoms with Crippen LogP contribution < -0.4 is 10.5 Å². The van der Waals surface area contributed by atoms with E-state index in [1.54, 1.807) is 12.1 Å². The van der Waals surface area contributed by atoms with Crippen molar-refractivity contribution in [2.45, 2.75) is 12.8 Å². The fourth-order valence-corrected chi connectivity index (χ4v) is 1.07. The van der Waals surface area contributed by atoms with Gasteiger partial charge in [0.25, 0.3) is 0 Å². The Kier molecular flexibility index (Phi) is 3.39. The van der Waals surface area contributed by atoms with E-state index in [4.69, 9.17) is 16.3 Å². The molecule has 0 aliphatic rings. The van der Waals surface area contributed by atoms with E-state index in [2.05, 4.69) is 9.72 Å². The average Bonchev–Trinajstić information content (AvgIpc) is 2.22. The third-order valence-electron chi connectivity index (χ3n) is 1.73. The maximum absolute atomic E-state index is 12.1. The molecule has 0 spiro atoms. The molecule has 0 aromatic carbocycles. The molecule has 0 unspecified atom stereocenters. The number of rotatable bonds is 2. The third kappa shape index (κ3) is 2.98. The van der Waals surface area contributed by atoms with E-state index in [9.17, 15) is 13.2 Å². The summed E-state index contributed by atoms with van der Waals surface area (Å²) >= 11 is 0. The molecule has 0 saturated carbocycles. The topological polar surface area (TPSA) is 95.7 Å². The molecule has 0 fully saturated rings. The van der Waals surface area contributed by atoms with Crippen LogP contribution in [-0.4, -0.2) is 11.3 Å². The quantitative estimate of drug-likeness (QED) is 0.847. The molecule has 2 N–H and O–H groups in total. The van der Waals surface area contributed by atoms with Crippen LogP contribution in [0.4, 0.5) is 18.9 Å². The van der Waals surface area contributed by atoms with Crippen LogP contribution in [0.3, 0.4) is 0 Å². The molecular formula is C9H5F3N4O. The largest absolute Gasteiger partial charge is 0.573 e. The first kappa shape index (κ1) is 12.6. The van der Waals surface area contributed by atoms with Crippen molar-refractivity contribution in [3.05, 3.63) is 17.5 Å². The lowest BCUT2D eigenvalue weighted by molar-refractivity contribution is -0.274. The average molecular weight is 242 g/mol. The lowest BCUT2D eigenvalue weighted by Gasteiger charge is -2.13. The zero-order chi connectivity index (χ0) is 13.1. The summed E-state index contributed by atoms with van der Waals surface area (Å²) in [7, 11) is 0. The number of halogens is 3. The Bertz CT molecular complexity index is 513. The van der Waals surface area contributed by atoms with Gasteiger partial charge in [-0.25, -0.2) is 0 Å². The zero-order valence-corrected chi connectivity index (χ0v) is 8.25. The van der Waals surface area contributed by atoms with Crippen molar-refractivity contribution >= 4 is 5.69 Å². The molecule has 17 heavy (non-hydrogen) atoms. The van der Waals surface area contributed by atoms with Gasteiger partial charge in [0.2, 0.25) is 0 Å². The SMILES string of the molecule is N#CCc1ncc(C#N)c(N)c1OC(F)(F)F. The Hall–Kier alpha value is -2.48. The van der Waals surface area contributed by atoms with Crippen LogP contribution in [0.5, 0.6) is 5.75 Å². The second kappa shape index (κ2) is 4.58. The van der Waals surface area contributed by atoms with E-state index >= 15 is 0 Å². The molecular weight excluding hydrogens is 237 g/mol. The Balaban J connectivity index is 3.32. The summed E-state index contributed by atoms with van der Waals surface area (Å²) in [5.41, 5.74) is 4.35. The second-order valence-corrected chi connectivity index (χ2v) is 2.86. The molecule has 1 aromatic rings. The van der Waals surface area contributed by atoms with Gasteiger partial charge in [-0.3, -0.25) is 4.98 Å². The van der Waals surface area contributed by atoms with Crippen molar-refractivity contribution in [1.29, 1.82) is 10.5 Å². The number of alkyl halides is 3. The number of aromatic nitrogens is 1. The fourth-order valence-electron chi connectivity index (χ4n) is 1.07. The van der Waals surface area contributed by atoms with Crippen LogP contribution in [0.2, 0.25) is 0 Å². The summed E-state index contributed by atoms with van der Waals surface area (Å²) in [6.07, 6.45) is -4.37. The first-order valence-electron chi connectivity index (χ1n) is 4.19. The summed E-state index contributed by atoms with van der Waals surface area (Å²) in [5, 5.41) is 17.0. The van der Waals surface area contributed by atoms with Crippen LogP contribution >= 0.6 is 0 Å². The molecule has 5 nitrogen and oxygen atoms in total. The molecule has 0 atom stereocenters. The van der Waals surface area contributed by atoms with Gasteiger partial charge >= 0.3 is 6.36 Å². The summed E-state index contributed by atoms with van der Waals surface area (Å²) in [4.78, 5) is 3.53. The minimum atomic E-state index is -4.96. The first-order valence-corrected chi connectivity index (χ1v) is 4.19. The Morgan fingerprint density at radius 1 is 1.41 bits per heavy atom.